The molecule has 1 aromatic carbocycles. The van der Waals surface area contributed by atoms with Crippen LogP contribution >= 0.6 is 0 Å². The number of carbonyl (C=O) groups is 1. The number of nitrogens with zero attached hydrogens (tertiary/aromatic N) is 1. The Kier molecular flexibility index (Phi) is 5.76. The van der Waals surface area contributed by atoms with Crippen molar-refractivity contribution in [3.05, 3.63) is 29.6 Å². The first-order valence-corrected chi connectivity index (χ1v) is 6.33. The second-order valence-electron chi connectivity index (χ2n) is 4.56. The number of nitrogens with two attached hydrogens (primary N) is 1. The van der Waals surface area contributed by atoms with Crippen LogP contribution in [0.2, 0.25) is 0 Å². The molecule has 0 saturated carbocycles. The fraction of sp³-hybridized carbons (Fsp3) is 0.500. The predicted octanol–water partition coefficient (Wildman–Crippen LogP) is 1.92. The number of amides is 1. The van der Waals surface area contributed by atoms with Gasteiger partial charge in [-0.3, -0.25) is 4.79 Å². The van der Waals surface area contributed by atoms with Crippen molar-refractivity contribution in [2.45, 2.75) is 32.9 Å². The van der Waals surface area contributed by atoms with Crippen LogP contribution in [0.25, 0.3) is 0 Å². The van der Waals surface area contributed by atoms with Crippen LogP contribution in [0.4, 0.5) is 4.39 Å². The van der Waals surface area contributed by atoms with Gasteiger partial charge in [-0.15, -0.1) is 0 Å². The quantitative estimate of drug-likeness (QED) is 0.857. The second-order valence-corrected chi connectivity index (χ2v) is 4.56. The smallest absolute Gasteiger partial charge is 0.224 e. The first kappa shape index (κ1) is 15.4. The van der Waals surface area contributed by atoms with Crippen LogP contribution < -0.4 is 10.5 Å². The third kappa shape index (κ3) is 4.52. The summed E-state index contributed by atoms with van der Waals surface area (Å²) < 4.78 is 18.4. The summed E-state index contributed by atoms with van der Waals surface area (Å²) in [6.45, 7) is 4.62. The number of hydrogen-bond donors (Lipinski definition) is 1. The Morgan fingerprint density at radius 1 is 1.53 bits per heavy atom. The van der Waals surface area contributed by atoms with Crippen LogP contribution in [0.1, 0.15) is 25.8 Å². The van der Waals surface area contributed by atoms with Gasteiger partial charge in [-0.25, -0.2) is 4.39 Å². The van der Waals surface area contributed by atoms with Crippen LogP contribution in [0.15, 0.2) is 18.2 Å². The second kappa shape index (κ2) is 7.09. The number of ether oxygens (including phenoxy) is 1. The summed E-state index contributed by atoms with van der Waals surface area (Å²) in [5.74, 6) is -0.238. The first-order chi connectivity index (χ1) is 8.97. The van der Waals surface area contributed by atoms with Crippen LogP contribution in [-0.4, -0.2) is 30.5 Å². The molecule has 0 aliphatic heterocycles. The number of rotatable bonds is 6. The van der Waals surface area contributed by atoms with Crippen molar-refractivity contribution >= 4 is 5.91 Å². The normalized spacial score (nSPS) is 12.1. The van der Waals surface area contributed by atoms with Gasteiger partial charge in [0.1, 0.15) is 0 Å². The molecule has 0 radical (unpaired) electrons. The molecule has 5 heteroatoms. The molecule has 4 nitrogen and oxygen atoms in total. The maximum Gasteiger partial charge on any atom is 0.224 e. The van der Waals surface area contributed by atoms with Gasteiger partial charge < -0.3 is 15.4 Å². The van der Waals surface area contributed by atoms with E-state index in [0.29, 0.717) is 19.5 Å². The molecule has 0 bridgehead atoms. The van der Waals surface area contributed by atoms with Crippen LogP contribution in [0.5, 0.6) is 5.75 Å². The summed E-state index contributed by atoms with van der Waals surface area (Å²) >= 11 is 0. The van der Waals surface area contributed by atoms with Crippen LogP contribution in [0, 0.1) is 5.82 Å². The van der Waals surface area contributed by atoms with Crippen LogP contribution in [0.3, 0.4) is 0 Å². The van der Waals surface area contributed by atoms with Crippen molar-refractivity contribution in [3.8, 4) is 5.75 Å². The first-order valence-electron chi connectivity index (χ1n) is 6.33. The standard InChI is InChI=1S/C14H21FN2O2/c1-4-17(14(18)7-10(2)16)9-11-5-6-13(19-3)12(15)8-11/h5-6,8,10H,4,7,9,16H2,1-3H3/t10-/m0/s1. The fourth-order valence-corrected chi connectivity index (χ4v) is 1.81. The summed E-state index contributed by atoms with van der Waals surface area (Å²) in [6, 6.07) is 4.54. The van der Waals surface area contributed by atoms with Crippen molar-refractivity contribution in [2.24, 2.45) is 5.73 Å². The van der Waals surface area contributed by atoms with E-state index in [1.165, 1.54) is 13.2 Å². The molecule has 19 heavy (non-hydrogen) atoms. The highest BCUT2D eigenvalue weighted by molar-refractivity contribution is 5.76. The van der Waals surface area contributed by atoms with Gasteiger partial charge in [0.05, 0.1) is 7.11 Å². The van der Waals surface area contributed by atoms with E-state index >= 15 is 0 Å². The van der Waals surface area contributed by atoms with E-state index in [0.717, 1.165) is 5.56 Å². The molecule has 0 spiro atoms. The lowest BCUT2D eigenvalue weighted by Crippen LogP contribution is -2.34. The zero-order valence-electron chi connectivity index (χ0n) is 11.6. The molecule has 0 fully saturated rings. The summed E-state index contributed by atoms with van der Waals surface area (Å²) in [7, 11) is 1.42. The Bertz CT molecular complexity index is 435. The minimum absolute atomic E-state index is 0.0197. The maximum atomic E-state index is 13.6. The fourth-order valence-electron chi connectivity index (χ4n) is 1.81. The third-order valence-electron chi connectivity index (χ3n) is 2.82. The number of benzene rings is 1. The van der Waals surface area contributed by atoms with Gasteiger partial charge in [-0.2, -0.15) is 0 Å². The number of halogens is 1. The molecule has 0 aromatic heterocycles. The molecule has 106 valence electrons. The predicted molar refractivity (Wildman–Crippen MR) is 72.3 cm³/mol. The molecule has 2 N–H and O–H groups in total. The third-order valence-corrected chi connectivity index (χ3v) is 2.82. The molecule has 1 amide bonds. The van der Waals surface area contributed by atoms with Gasteiger partial charge in [0.2, 0.25) is 5.91 Å². The SMILES string of the molecule is CCN(Cc1ccc(OC)c(F)c1)C(=O)C[C@H](C)N. The number of carbonyl (C=O) groups excluding carboxylic acids is 1. The Morgan fingerprint density at radius 3 is 2.68 bits per heavy atom. The molecule has 1 atom stereocenters. The molecule has 1 aromatic rings. The zero-order chi connectivity index (χ0) is 14.4. The molecular formula is C14H21FN2O2. The largest absolute Gasteiger partial charge is 0.494 e. The maximum absolute atomic E-state index is 13.6. The molecule has 0 aliphatic rings. The van der Waals surface area contributed by atoms with Crippen LogP contribution in [-0.2, 0) is 11.3 Å². The highest BCUT2D eigenvalue weighted by Gasteiger charge is 2.14. The van der Waals surface area contributed by atoms with Gasteiger partial charge >= 0.3 is 0 Å². The van der Waals surface area contributed by atoms with Crippen molar-refractivity contribution < 1.29 is 13.9 Å². The summed E-state index contributed by atoms with van der Waals surface area (Å²) in [4.78, 5) is 13.6. The summed E-state index contributed by atoms with van der Waals surface area (Å²) in [6.07, 6.45) is 0.298. The van der Waals surface area contributed by atoms with E-state index in [2.05, 4.69) is 0 Å². The molecule has 0 aliphatic carbocycles. The van der Waals surface area contributed by atoms with Crippen molar-refractivity contribution in [2.75, 3.05) is 13.7 Å². The molecule has 0 saturated heterocycles. The Morgan fingerprint density at radius 2 is 2.21 bits per heavy atom. The van der Waals surface area contributed by atoms with E-state index in [-0.39, 0.29) is 17.7 Å². The van der Waals surface area contributed by atoms with Gasteiger partial charge in [-0.05, 0) is 31.5 Å². The molecule has 1 rings (SSSR count). The monoisotopic (exact) mass is 268 g/mol. The van der Waals surface area contributed by atoms with E-state index in [1.807, 2.05) is 6.92 Å². The molecular weight excluding hydrogens is 247 g/mol. The average molecular weight is 268 g/mol. The van der Waals surface area contributed by atoms with Gasteiger partial charge in [0, 0.05) is 25.6 Å². The topological polar surface area (TPSA) is 55.6 Å². The summed E-state index contributed by atoms with van der Waals surface area (Å²) in [5.41, 5.74) is 6.35. The lowest BCUT2D eigenvalue weighted by molar-refractivity contribution is -0.131. The minimum Gasteiger partial charge on any atom is -0.494 e. The highest BCUT2D eigenvalue weighted by atomic mass is 19.1. The Balaban J connectivity index is 2.75. The average Bonchev–Trinajstić information content (AvgIpc) is 2.35. The van der Waals surface area contributed by atoms with Crippen molar-refractivity contribution in [3.63, 3.8) is 0 Å². The van der Waals surface area contributed by atoms with Gasteiger partial charge in [0.15, 0.2) is 11.6 Å². The van der Waals surface area contributed by atoms with Gasteiger partial charge in [0.25, 0.3) is 0 Å². The number of hydrogen-bond acceptors (Lipinski definition) is 3. The molecule has 0 heterocycles. The minimum atomic E-state index is -0.421. The summed E-state index contributed by atoms with van der Waals surface area (Å²) in [5, 5.41) is 0. The highest BCUT2D eigenvalue weighted by Crippen LogP contribution is 2.18. The lowest BCUT2D eigenvalue weighted by Gasteiger charge is -2.22. The van der Waals surface area contributed by atoms with E-state index < -0.39 is 5.82 Å². The van der Waals surface area contributed by atoms with E-state index in [9.17, 15) is 9.18 Å². The Labute approximate surface area is 113 Å². The van der Waals surface area contributed by atoms with E-state index in [4.69, 9.17) is 10.5 Å². The zero-order valence-corrected chi connectivity index (χ0v) is 11.6. The van der Waals surface area contributed by atoms with Crippen molar-refractivity contribution in [1.29, 1.82) is 0 Å². The van der Waals surface area contributed by atoms with Crippen molar-refractivity contribution in [1.82, 2.24) is 4.90 Å². The Hall–Kier alpha value is -1.62. The number of methoxy groups -OCH3 is 1. The molecule has 0 unspecified atom stereocenters. The van der Waals surface area contributed by atoms with E-state index in [1.54, 1.807) is 24.0 Å². The van der Waals surface area contributed by atoms with Gasteiger partial charge in [-0.1, -0.05) is 6.07 Å². The lowest BCUT2D eigenvalue weighted by atomic mass is 10.1.